The van der Waals surface area contributed by atoms with E-state index in [0.717, 1.165) is 50.9 Å². The number of amides is 3. The summed E-state index contributed by atoms with van der Waals surface area (Å²) < 4.78 is 5.39. The number of rotatable bonds is 2. The minimum absolute atomic E-state index is 0.0800. The van der Waals surface area contributed by atoms with E-state index in [4.69, 9.17) is 4.74 Å². The largest absolute Gasteiger partial charge is 0.497 e. The summed E-state index contributed by atoms with van der Waals surface area (Å²) >= 11 is 0. The zero-order chi connectivity index (χ0) is 18.6. The summed E-state index contributed by atoms with van der Waals surface area (Å²) in [6.07, 6.45) is 6.31. The van der Waals surface area contributed by atoms with Crippen molar-refractivity contribution in [1.29, 1.82) is 0 Å². The number of methoxy groups -OCH3 is 1. The zero-order valence-electron chi connectivity index (χ0n) is 15.9. The Morgan fingerprint density at radius 3 is 2.89 bits per heavy atom. The van der Waals surface area contributed by atoms with Crippen LogP contribution in [-0.4, -0.2) is 54.0 Å². The van der Waals surface area contributed by atoms with E-state index < -0.39 is 0 Å². The second-order valence-corrected chi connectivity index (χ2v) is 8.58. The maximum atomic E-state index is 13.0. The van der Waals surface area contributed by atoms with E-state index in [1.54, 1.807) is 7.11 Å². The molecule has 1 aliphatic carbocycles. The van der Waals surface area contributed by atoms with Crippen molar-refractivity contribution >= 4 is 11.9 Å². The summed E-state index contributed by atoms with van der Waals surface area (Å²) in [5, 5.41) is 3.04. The first kappa shape index (κ1) is 16.9. The number of nitrogens with zero attached hydrogens (tertiary/aromatic N) is 2. The van der Waals surface area contributed by atoms with Gasteiger partial charge in [0.25, 0.3) is 0 Å². The van der Waals surface area contributed by atoms with Crippen LogP contribution < -0.4 is 10.1 Å². The Labute approximate surface area is 159 Å². The van der Waals surface area contributed by atoms with Gasteiger partial charge in [0.15, 0.2) is 0 Å². The van der Waals surface area contributed by atoms with E-state index >= 15 is 0 Å². The summed E-state index contributed by atoms with van der Waals surface area (Å²) in [7, 11) is 1.69. The highest BCUT2D eigenvalue weighted by molar-refractivity contribution is 5.89. The molecule has 6 nitrogen and oxygen atoms in total. The van der Waals surface area contributed by atoms with Crippen LogP contribution >= 0.6 is 0 Å². The molecule has 1 spiro atoms. The van der Waals surface area contributed by atoms with E-state index in [1.165, 1.54) is 17.5 Å². The standard InChI is InChI=1S/C21H27N3O3/c1-27-16-6-5-14-12-23(13-21(7-8-21)17(14)11-16)20(26)22-18-10-15-4-2-3-9-24(15)19(18)25/h5-6,11,15,18H,2-4,7-10,12-13H2,1H3,(H,22,26). The molecule has 3 heterocycles. The fraction of sp³-hybridized carbons (Fsp3) is 0.619. The molecular weight excluding hydrogens is 342 g/mol. The quantitative estimate of drug-likeness (QED) is 0.871. The highest BCUT2D eigenvalue weighted by atomic mass is 16.5. The predicted molar refractivity (Wildman–Crippen MR) is 101 cm³/mol. The van der Waals surface area contributed by atoms with Crippen LogP contribution in [0.3, 0.4) is 0 Å². The number of urea groups is 1. The van der Waals surface area contributed by atoms with Gasteiger partial charge in [-0.1, -0.05) is 6.07 Å². The van der Waals surface area contributed by atoms with Crippen LogP contribution in [0.4, 0.5) is 4.79 Å². The smallest absolute Gasteiger partial charge is 0.318 e. The Morgan fingerprint density at radius 1 is 1.30 bits per heavy atom. The molecule has 27 heavy (non-hydrogen) atoms. The van der Waals surface area contributed by atoms with Gasteiger partial charge in [0, 0.05) is 31.1 Å². The van der Waals surface area contributed by atoms with Gasteiger partial charge in [-0.25, -0.2) is 4.79 Å². The van der Waals surface area contributed by atoms with Crippen LogP contribution in [0, 0.1) is 0 Å². The van der Waals surface area contributed by atoms with E-state index in [-0.39, 0.29) is 23.4 Å². The Hall–Kier alpha value is -2.24. The summed E-state index contributed by atoms with van der Waals surface area (Å²) in [6.45, 7) is 2.17. The maximum absolute atomic E-state index is 13.0. The normalized spacial score (nSPS) is 28.0. The van der Waals surface area contributed by atoms with Crippen molar-refractivity contribution in [3.63, 3.8) is 0 Å². The molecule has 3 fully saturated rings. The van der Waals surface area contributed by atoms with Gasteiger partial charge in [-0.3, -0.25) is 4.79 Å². The van der Waals surface area contributed by atoms with Crippen molar-refractivity contribution in [3.05, 3.63) is 29.3 Å². The third-order valence-corrected chi connectivity index (χ3v) is 6.90. The monoisotopic (exact) mass is 369 g/mol. The maximum Gasteiger partial charge on any atom is 0.318 e. The summed E-state index contributed by atoms with van der Waals surface area (Å²) in [5.74, 6) is 0.988. The fourth-order valence-electron chi connectivity index (χ4n) is 5.22. The minimum Gasteiger partial charge on any atom is -0.497 e. The molecule has 1 aromatic carbocycles. The first-order valence-corrected chi connectivity index (χ1v) is 10.1. The van der Waals surface area contributed by atoms with Crippen molar-refractivity contribution in [2.45, 2.75) is 62.6 Å². The highest BCUT2D eigenvalue weighted by Crippen LogP contribution is 2.53. The van der Waals surface area contributed by atoms with Crippen LogP contribution in [0.5, 0.6) is 5.75 Å². The van der Waals surface area contributed by atoms with E-state index in [1.807, 2.05) is 15.9 Å². The lowest BCUT2D eigenvalue weighted by atomic mass is 9.87. The second kappa shape index (κ2) is 6.14. The average molecular weight is 369 g/mol. The van der Waals surface area contributed by atoms with Gasteiger partial charge in [-0.15, -0.1) is 0 Å². The van der Waals surface area contributed by atoms with Gasteiger partial charge in [-0.05, 0) is 61.8 Å². The Morgan fingerprint density at radius 2 is 2.15 bits per heavy atom. The SMILES string of the molecule is COc1ccc2c(c1)C1(CC1)CN(C(=O)NC1CC3CCCCN3C1=O)C2. The lowest BCUT2D eigenvalue weighted by Crippen LogP contribution is -2.51. The van der Waals surface area contributed by atoms with E-state index in [2.05, 4.69) is 17.4 Å². The van der Waals surface area contributed by atoms with E-state index in [9.17, 15) is 9.59 Å². The number of carbonyl (C=O) groups excluding carboxylic acids is 2. The lowest BCUT2D eigenvalue weighted by molar-refractivity contribution is -0.131. The Kier molecular flexibility index (Phi) is 3.85. The molecule has 144 valence electrons. The molecule has 3 amide bonds. The third kappa shape index (κ3) is 2.77. The molecule has 3 aliphatic heterocycles. The Balaban J connectivity index is 1.31. The van der Waals surface area contributed by atoms with Gasteiger partial charge >= 0.3 is 6.03 Å². The molecule has 4 aliphatic rings. The second-order valence-electron chi connectivity index (χ2n) is 8.58. The van der Waals surface area contributed by atoms with Crippen LogP contribution in [-0.2, 0) is 16.8 Å². The van der Waals surface area contributed by atoms with Crippen LogP contribution in [0.2, 0.25) is 0 Å². The van der Waals surface area contributed by atoms with Crippen molar-refractivity contribution in [2.24, 2.45) is 0 Å². The first-order valence-electron chi connectivity index (χ1n) is 10.1. The number of ether oxygens (including phenoxy) is 1. The van der Waals surface area contributed by atoms with Crippen LogP contribution in [0.15, 0.2) is 18.2 Å². The van der Waals surface area contributed by atoms with Gasteiger partial charge in [0.2, 0.25) is 5.91 Å². The van der Waals surface area contributed by atoms with Crippen molar-refractivity contribution in [3.8, 4) is 5.75 Å². The van der Waals surface area contributed by atoms with Gasteiger partial charge in [-0.2, -0.15) is 0 Å². The number of hydrogen-bond donors (Lipinski definition) is 1. The van der Waals surface area contributed by atoms with Gasteiger partial charge in [0.1, 0.15) is 11.8 Å². The summed E-state index contributed by atoms with van der Waals surface area (Å²) in [6, 6.07) is 6.05. The molecule has 0 bridgehead atoms. The molecule has 6 heteroatoms. The van der Waals surface area contributed by atoms with Crippen molar-refractivity contribution in [1.82, 2.24) is 15.1 Å². The molecular formula is C21H27N3O3. The predicted octanol–water partition coefficient (Wildman–Crippen LogP) is 2.41. The molecule has 2 unspecified atom stereocenters. The van der Waals surface area contributed by atoms with Gasteiger partial charge in [0.05, 0.1) is 7.11 Å². The van der Waals surface area contributed by atoms with Crippen LogP contribution in [0.1, 0.15) is 49.7 Å². The molecule has 2 atom stereocenters. The molecule has 0 radical (unpaired) electrons. The minimum atomic E-state index is -0.354. The van der Waals surface area contributed by atoms with Crippen molar-refractivity contribution in [2.75, 3.05) is 20.2 Å². The molecule has 2 saturated heterocycles. The van der Waals surface area contributed by atoms with Crippen LogP contribution in [0.25, 0.3) is 0 Å². The zero-order valence-corrected chi connectivity index (χ0v) is 15.9. The fourth-order valence-corrected chi connectivity index (χ4v) is 5.22. The number of piperidine rings is 1. The number of benzene rings is 1. The summed E-state index contributed by atoms with van der Waals surface area (Å²) in [4.78, 5) is 29.5. The molecule has 1 N–H and O–H groups in total. The average Bonchev–Trinajstić information content (AvgIpc) is 3.39. The number of carbonyl (C=O) groups is 2. The highest BCUT2D eigenvalue weighted by Gasteiger charge is 2.50. The molecule has 1 saturated carbocycles. The topological polar surface area (TPSA) is 61.9 Å². The molecule has 1 aromatic rings. The summed E-state index contributed by atoms with van der Waals surface area (Å²) in [5.41, 5.74) is 2.61. The number of hydrogen-bond acceptors (Lipinski definition) is 3. The van der Waals surface area contributed by atoms with Gasteiger partial charge < -0.3 is 19.9 Å². The lowest BCUT2D eigenvalue weighted by Gasteiger charge is -2.35. The van der Waals surface area contributed by atoms with E-state index in [0.29, 0.717) is 12.6 Å². The molecule has 5 rings (SSSR count). The Bertz CT molecular complexity index is 789. The number of fused-ring (bicyclic) bond motifs is 3. The van der Waals surface area contributed by atoms with Crippen molar-refractivity contribution < 1.29 is 14.3 Å². The first-order chi connectivity index (χ1) is 13.1. The third-order valence-electron chi connectivity index (χ3n) is 6.90. The number of nitrogens with one attached hydrogen (secondary N) is 1. The molecule has 0 aromatic heterocycles.